The van der Waals surface area contributed by atoms with Crippen molar-refractivity contribution >= 4 is 0 Å². The molecule has 0 spiro atoms. The van der Waals surface area contributed by atoms with E-state index in [1.807, 2.05) is 13.8 Å². The molecule has 2 unspecified atom stereocenters. The molecule has 3 heteroatoms. The van der Waals surface area contributed by atoms with Gasteiger partial charge in [0.1, 0.15) is 0 Å². The molecule has 0 aliphatic heterocycles. The van der Waals surface area contributed by atoms with E-state index in [1.54, 1.807) is 0 Å². The third-order valence-corrected chi connectivity index (χ3v) is 2.54. The normalized spacial score (nSPS) is 28.6. The molecule has 78 valence electrons. The molecule has 0 aromatic carbocycles. The van der Waals surface area contributed by atoms with E-state index in [0.717, 1.165) is 19.3 Å². The number of aliphatic hydroxyl groups excluding tert-OH is 1. The van der Waals surface area contributed by atoms with E-state index in [-0.39, 0.29) is 18.3 Å². The van der Waals surface area contributed by atoms with Gasteiger partial charge in [0, 0.05) is 19.1 Å². The number of aliphatic hydroxyl groups is 1. The van der Waals surface area contributed by atoms with Gasteiger partial charge in [-0.1, -0.05) is 6.42 Å². The molecule has 1 aliphatic carbocycles. The molecular weight excluding hydrogens is 168 g/mol. The highest BCUT2D eigenvalue weighted by atomic mass is 16.7. The lowest BCUT2D eigenvalue weighted by atomic mass is 10.1. The van der Waals surface area contributed by atoms with Gasteiger partial charge in [-0.2, -0.15) is 0 Å². The maximum absolute atomic E-state index is 9.65. The van der Waals surface area contributed by atoms with Crippen LogP contribution in [0, 0.1) is 5.92 Å². The Morgan fingerprint density at radius 1 is 1.23 bits per heavy atom. The van der Waals surface area contributed by atoms with E-state index < -0.39 is 0 Å². The molecule has 0 aromatic heterocycles. The van der Waals surface area contributed by atoms with Gasteiger partial charge in [-0.3, -0.25) is 0 Å². The maximum atomic E-state index is 9.65. The van der Waals surface area contributed by atoms with Crippen LogP contribution in [0.5, 0.6) is 0 Å². The lowest BCUT2D eigenvalue weighted by Crippen LogP contribution is -2.32. The summed E-state index contributed by atoms with van der Waals surface area (Å²) in [5, 5.41) is 9.65. The summed E-state index contributed by atoms with van der Waals surface area (Å²) in [6.07, 6.45) is 2.56. The van der Waals surface area contributed by atoms with Crippen LogP contribution in [-0.2, 0) is 9.47 Å². The molecule has 1 saturated carbocycles. The fourth-order valence-corrected chi connectivity index (χ4v) is 1.91. The van der Waals surface area contributed by atoms with Crippen LogP contribution in [0.3, 0.4) is 0 Å². The molecular formula is C10H20O3. The van der Waals surface area contributed by atoms with Crippen molar-refractivity contribution in [1.82, 2.24) is 0 Å². The van der Waals surface area contributed by atoms with Gasteiger partial charge < -0.3 is 14.6 Å². The molecule has 0 aromatic rings. The molecule has 0 amide bonds. The maximum Gasteiger partial charge on any atom is 0.162 e. The summed E-state index contributed by atoms with van der Waals surface area (Å²) in [5.41, 5.74) is 0. The van der Waals surface area contributed by atoms with Gasteiger partial charge in [0.2, 0.25) is 0 Å². The molecule has 3 nitrogen and oxygen atoms in total. The van der Waals surface area contributed by atoms with Crippen LogP contribution in [0.2, 0.25) is 0 Å². The lowest BCUT2D eigenvalue weighted by Gasteiger charge is -2.25. The van der Waals surface area contributed by atoms with E-state index >= 15 is 0 Å². The first-order chi connectivity index (χ1) is 6.29. The first-order valence-corrected chi connectivity index (χ1v) is 5.20. The van der Waals surface area contributed by atoms with Crippen molar-refractivity contribution in [2.45, 2.75) is 45.5 Å². The Morgan fingerprint density at radius 3 is 2.23 bits per heavy atom. The SMILES string of the molecule is CCOC(OCC)C1CCCC1O. The number of rotatable bonds is 5. The topological polar surface area (TPSA) is 38.7 Å². The summed E-state index contributed by atoms with van der Waals surface area (Å²) in [4.78, 5) is 0. The van der Waals surface area contributed by atoms with E-state index in [4.69, 9.17) is 9.47 Å². The van der Waals surface area contributed by atoms with E-state index in [2.05, 4.69) is 0 Å². The molecule has 1 aliphatic rings. The number of ether oxygens (including phenoxy) is 2. The Hall–Kier alpha value is -0.120. The first-order valence-electron chi connectivity index (χ1n) is 5.20. The molecule has 1 N–H and O–H groups in total. The Balaban J connectivity index is 2.42. The van der Waals surface area contributed by atoms with Crippen molar-refractivity contribution in [3.63, 3.8) is 0 Å². The fraction of sp³-hybridized carbons (Fsp3) is 1.00. The summed E-state index contributed by atoms with van der Waals surface area (Å²) in [5.74, 6) is 0.180. The highest BCUT2D eigenvalue weighted by molar-refractivity contribution is 4.79. The third-order valence-electron chi connectivity index (χ3n) is 2.54. The molecule has 1 fully saturated rings. The smallest absolute Gasteiger partial charge is 0.162 e. The summed E-state index contributed by atoms with van der Waals surface area (Å²) >= 11 is 0. The summed E-state index contributed by atoms with van der Waals surface area (Å²) < 4.78 is 10.9. The van der Waals surface area contributed by atoms with Gasteiger partial charge in [0.05, 0.1) is 6.10 Å². The minimum atomic E-state index is -0.233. The molecule has 0 radical (unpaired) electrons. The second-order valence-corrected chi connectivity index (χ2v) is 3.44. The van der Waals surface area contributed by atoms with Crippen molar-refractivity contribution in [2.75, 3.05) is 13.2 Å². The van der Waals surface area contributed by atoms with Crippen LogP contribution in [0.25, 0.3) is 0 Å². The lowest BCUT2D eigenvalue weighted by molar-refractivity contribution is -0.180. The van der Waals surface area contributed by atoms with E-state index in [0.29, 0.717) is 13.2 Å². The van der Waals surface area contributed by atoms with Crippen LogP contribution in [0.1, 0.15) is 33.1 Å². The number of hydrogen-bond donors (Lipinski definition) is 1. The van der Waals surface area contributed by atoms with Crippen molar-refractivity contribution in [3.8, 4) is 0 Å². The second-order valence-electron chi connectivity index (χ2n) is 3.44. The largest absolute Gasteiger partial charge is 0.393 e. The van der Waals surface area contributed by atoms with Gasteiger partial charge in [0.25, 0.3) is 0 Å². The van der Waals surface area contributed by atoms with Crippen molar-refractivity contribution < 1.29 is 14.6 Å². The zero-order chi connectivity index (χ0) is 9.68. The van der Waals surface area contributed by atoms with Crippen LogP contribution in [0.15, 0.2) is 0 Å². The second kappa shape index (κ2) is 5.58. The summed E-state index contributed by atoms with van der Waals surface area (Å²) in [7, 11) is 0. The first kappa shape index (κ1) is 11.0. The summed E-state index contributed by atoms with van der Waals surface area (Å²) in [6.45, 7) is 5.20. The van der Waals surface area contributed by atoms with Gasteiger partial charge in [-0.25, -0.2) is 0 Å². The Kier molecular flexibility index (Phi) is 4.70. The fourth-order valence-electron chi connectivity index (χ4n) is 1.91. The molecule has 0 saturated heterocycles. The molecule has 0 bridgehead atoms. The van der Waals surface area contributed by atoms with Gasteiger partial charge in [-0.05, 0) is 26.7 Å². The summed E-state index contributed by atoms with van der Waals surface area (Å²) in [6, 6.07) is 0. The monoisotopic (exact) mass is 188 g/mol. The minimum Gasteiger partial charge on any atom is -0.393 e. The minimum absolute atomic E-state index is 0.180. The van der Waals surface area contributed by atoms with Crippen LogP contribution in [-0.4, -0.2) is 30.7 Å². The van der Waals surface area contributed by atoms with Crippen molar-refractivity contribution in [1.29, 1.82) is 0 Å². The van der Waals surface area contributed by atoms with Gasteiger partial charge in [0.15, 0.2) is 6.29 Å². The van der Waals surface area contributed by atoms with Crippen molar-refractivity contribution in [3.05, 3.63) is 0 Å². The quantitative estimate of drug-likeness (QED) is 0.665. The zero-order valence-corrected chi connectivity index (χ0v) is 8.53. The Morgan fingerprint density at radius 2 is 1.85 bits per heavy atom. The van der Waals surface area contributed by atoms with Gasteiger partial charge >= 0.3 is 0 Å². The molecule has 0 heterocycles. The molecule has 1 rings (SSSR count). The van der Waals surface area contributed by atoms with Gasteiger partial charge in [-0.15, -0.1) is 0 Å². The van der Waals surface area contributed by atoms with Crippen LogP contribution < -0.4 is 0 Å². The molecule has 2 atom stereocenters. The number of hydrogen-bond acceptors (Lipinski definition) is 3. The van der Waals surface area contributed by atoms with Crippen LogP contribution >= 0.6 is 0 Å². The average molecular weight is 188 g/mol. The average Bonchev–Trinajstić information content (AvgIpc) is 2.51. The highest BCUT2D eigenvalue weighted by Gasteiger charge is 2.33. The van der Waals surface area contributed by atoms with Crippen molar-refractivity contribution in [2.24, 2.45) is 5.92 Å². The highest BCUT2D eigenvalue weighted by Crippen LogP contribution is 2.30. The Bertz CT molecular complexity index is 132. The third kappa shape index (κ3) is 2.93. The molecule has 13 heavy (non-hydrogen) atoms. The predicted molar refractivity (Wildman–Crippen MR) is 50.4 cm³/mol. The van der Waals surface area contributed by atoms with Crippen LogP contribution in [0.4, 0.5) is 0 Å². The predicted octanol–water partition coefficient (Wildman–Crippen LogP) is 1.55. The Labute approximate surface area is 80.0 Å². The zero-order valence-electron chi connectivity index (χ0n) is 8.53. The van der Waals surface area contributed by atoms with E-state index in [9.17, 15) is 5.11 Å². The van der Waals surface area contributed by atoms with E-state index in [1.165, 1.54) is 0 Å². The standard InChI is InChI=1S/C10H20O3/c1-3-12-10(13-4-2)8-6-5-7-9(8)11/h8-11H,3-7H2,1-2H3.